The first kappa shape index (κ1) is 17.7. The van der Waals surface area contributed by atoms with Crippen molar-refractivity contribution in [3.8, 4) is 11.5 Å². The Morgan fingerprint density at radius 3 is 2.21 bits per heavy atom. The Morgan fingerprint density at radius 1 is 1.00 bits per heavy atom. The van der Waals surface area contributed by atoms with Gasteiger partial charge in [-0.05, 0) is 42.8 Å². The monoisotopic (exact) mass is 351 g/mol. The van der Waals surface area contributed by atoms with Gasteiger partial charge in [0.1, 0.15) is 17.2 Å². The number of aryl methyl sites for hydroxylation is 1. The molecule has 2 aromatic rings. The molecule has 0 radical (unpaired) electrons. The molecule has 0 saturated carbocycles. The van der Waals surface area contributed by atoms with Crippen molar-refractivity contribution in [3.63, 3.8) is 0 Å². The molecule has 2 aromatic carbocycles. The second-order valence-electron chi connectivity index (χ2n) is 4.89. The largest absolute Gasteiger partial charge is 0.495 e. The highest BCUT2D eigenvalue weighted by Crippen LogP contribution is 2.34. The summed E-state index contributed by atoms with van der Waals surface area (Å²) >= 11 is 0. The number of azo groups is 1. The van der Waals surface area contributed by atoms with E-state index in [2.05, 4.69) is 10.2 Å². The molecule has 3 N–H and O–H groups in total. The summed E-state index contributed by atoms with van der Waals surface area (Å²) in [7, 11) is -1.42. The highest BCUT2D eigenvalue weighted by molar-refractivity contribution is 7.85. The molecule has 0 aliphatic carbocycles. The molecule has 0 saturated heterocycles. The smallest absolute Gasteiger partial charge is 0.294 e. The van der Waals surface area contributed by atoms with Crippen LogP contribution in [0.25, 0.3) is 0 Å². The van der Waals surface area contributed by atoms with Gasteiger partial charge in [-0.2, -0.15) is 13.5 Å². The quantitative estimate of drug-likeness (QED) is 0.484. The zero-order valence-corrected chi connectivity index (χ0v) is 14.2. The first-order valence-corrected chi connectivity index (χ1v) is 8.21. The van der Waals surface area contributed by atoms with Crippen molar-refractivity contribution in [2.75, 3.05) is 20.0 Å². The topological polar surface area (TPSA) is 124 Å². The number of nitrogens with zero attached hydrogens (tertiary/aromatic N) is 2. The molecule has 8 nitrogen and oxygen atoms in total. The molecule has 128 valence electrons. The molecular weight excluding hydrogens is 334 g/mol. The zero-order chi connectivity index (χ0) is 17.9. The fourth-order valence-corrected chi connectivity index (χ4v) is 2.49. The van der Waals surface area contributed by atoms with Gasteiger partial charge >= 0.3 is 0 Å². The third kappa shape index (κ3) is 3.81. The predicted molar refractivity (Wildman–Crippen MR) is 89.1 cm³/mol. The molecular formula is C15H17N3O5S. The van der Waals surface area contributed by atoms with Gasteiger partial charge in [0.05, 0.1) is 30.5 Å². The molecule has 0 aliphatic heterocycles. The second-order valence-corrected chi connectivity index (χ2v) is 6.31. The van der Waals surface area contributed by atoms with Crippen LogP contribution < -0.4 is 15.2 Å². The molecule has 0 spiro atoms. The van der Waals surface area contributed by atoms with E-state index in [9.17, 15) is 8.42 Å². The van der Waals surface area contributed by atoms with Crippen LogP contribution in [0.4, 0.5) is 17.1 Å². The van der Waals surface area contributed by atoms with Gasteiger partial charge in [-0.15, -0.1) is 5.11 Å². The Bertz CT molecular complexity index is 894. The zero-order valence-electron chi connectivity index (χ0n) is 13.3. The van der Waals surface area contributed by atoms with Crippen molar-refractivity contribution in [3.05, 3.63) is 35.9 Å². The summed E-state index contributed by atoms with van der Waals surface area (Å²) in [6.45, 7) is 1.81. The Labute approximate surface area is 139 Å². The van der Waals surface area contributed by atoms with Crippen LogP contribution in [-0.2, 0) is 10.1 Å². The fraction of sp³-hybridized carbons (Fsp3) is 0.200. The maximum Gasteiger partial charge on any atom is 0.294 e. The Morgan fingerprint density at radius 2 is 1.62 bits per heavy atom. The van der Waals surface area contributed by atoms with Gasteiger partial charge in [0.15, 0.2) is 0 Å². The number of hydrogen-bond donors (Lipinski definition) is 2. The Balaban J connectivity index is 2.47. The summed E-state index contributed by atoms with van der Waals surface area (Å²) in [5.41, 5.74) is 7.66. The van der Waals surface area contributed by atoms with Crippen LogP contribution in [0.1, 0.15) is 5.56 Å². The minimum absolute atomic E-state index is 0.154. The lowest BCUT2D eigenvalue weighted by Crippen LogP contribution is -1.97. The Kier molecular flexibility index (Phi) is 5.05. The predicted octanol–water partition coefficient (Wildman–Crippen LogP) is 3.26. The summed E-state index contributed by atoms with van der Waals surface area (Å²) < 4.78 is 41.8. The van der Waals surface area contributed by atoms with Crippen molar-refractivity contribution in [2.24, 2.45) is 10.2 Å². The lowest BCUT2D eigenvalue weighted by molar-refractivity contribution is 0.415. The van der Waals surface area contributed by atoms with E-state index >= 15 is 0 Å². The summed E-state index contributed by atoms with van der Waals surface area (Å²) in [4.78, 5) is -0.303. The fourth-order valence-electron chi connectivity index (χ4n) is 1.99. The van der Waals surface area contributed by atoms with Crippen molar-refractivity contribution in [1.82, 2.24) is 0 Å². The number of nitrogens with two attached hydrogens (primary N) is 1. The third-order valence-corrected chi connectivity index (χ3v) is 4.11. The lowest BCUT2D eigenvalue weighted by Gasteiger charge is -2.08. The molecule has 0 bridgehead atoms. The van der Waals surface area contributed by atoms with E-state index < -0.39 is 10.1 Å². The molecule has 0 fully saturated rings. The highest BCUT2D eigenvalue weighted by atomic mass is 32.2. The van der Waals surface area contributed by atoms with Gasteiger partial charge in [-0.25, -0.2) is 0 Å². The van der Waals surface area contributed by atoms with Gasteiger partial charge in [-0.1, -0.05) is 0 Å². The van der Waals surface area contributed by atoms with Gasteiger partial charge in [0.25, 0.3) is 10.1 Å². The van der Waals surface area contributed by atoms with Gasteiger partial charge in [-0.3, -0.25) is 4.55 Å². The molecule has 0 heterocycles. The normalized spacial score (nSPS) is 11.7. The van der Waals surface area contributed by atoms with Crippen LogP contribution in [0.2, 0.25) is 0 Å². The number of anilines is 1. The molecule has 0 aromatic heterocycles. The van der Waals surface area contributed by atoms with Crippen LogP contribution >= 0.6 is 0 Å². The minimum Gasteiger partial charge on any atom is -0.495 e. The highest BCUT2D eigenvalue weighted by Gasteiger charge is 2.13. The number of benzene rings is 2. The minimum atomic E-state index is -4.35. The molecule has 0 amide bonds. The standard InChI is InChI=1S/C15H17N3O5S/c1-9-6-15(23-3)11(16)8-12(9)17-18-13-7-10(24(19,20)21)4-5-14(13)22-2/h4-8H,16H2,1-3H3,(H,19,20,21). The van der Waals surface area contributed by atoms with E-state index in [4.69, 9.17) is 19.8 Å². The number of nitrogen functional groups attached to an aromatic ring is 1. The van der Waals surface area contributed by atoms with Crippen LogP contribution in [0.15, 0.2) is 45.5 Å². The second kappa shape index (κ2) is 6.85. The van der Waals surface area contributed by atoms with E-state index in [1.807, 2.05) is 6.92 Å². The van der Waals surface area contributed by atoms with E-state index in [1.165, 1.54) is 32.4 Å². The first-order chi connectivity index (χ1) is 11.3. The van der Waals surface area contributed by atoms with Gasteiger partial charge in [0.2, 0.25) is 0 Å². The van der Waals surface area contributed by atoms with E-state index in [-0.39, 0.29) is 10.6 Å². The van der Waals surface area contributed by atoms with E-state index in [1.54, 1.807) is 12.1 Å². The van der Waals surface area contributed by atoms with Gasteiger partial charge in [0, 0.05) is 0 Å². The number of ether oxygens (including phenoxy) is 2. The average Bonchev–Trinajstić information content (AvgIpc) is 2.54. The molecule has 24 heavy (non-hydrogen) atoms. The van der Waals surface area contributed by atoms with Crippen LogP contribution in [0, 0.1) is 6.92 Å². The van der Waals surface area contributed by atoms with Crippen LogP contribution in [-0.4, -0.2) is 27.2 Å². The first-order valence-electron chi connectivity index (χ1n) is 6.77. The third-order valence-electron chi connectivity index (χ3n) is 3.26. The maximum atomic E-state index is 11.2. The van der Waals surface area contributed by atoms with Crippen LogP contribution in [0.5, 0.6) is 11.5 Å². The van der Waals surface area contributed by atoms with E-state index in [0.29, 0.717) is 22.9 Å². The lowest BCUT2D eigenvalue weighted by atomic mass is 10.1. The van der Waals surface area contributed by atoms with Gasteiger partial charge < -0.3 is 15.2 Å². The molecule has 0 atom stereocenters. The van der Waals surface area contributed by atoms with Crippen LogP contribution in [0.3, 0.4) is 0 Å². The van der Waals surface area contributed by atoms with Crippen molar-refractivity contribution in [1.29, 1.82) is 0 Å². The molecule has 0 unspecified atom stereocenters. The van der Waals surface area contributed by atoms with Crippen molar-refractivity contribution < 1.29 is 22.4 Å². The molecule has 2 rings (SSSR count). The molecule has 0 aliphatic rings. The summed E-state index contributed by atoms with van der Waals surface area (Å²) in [6, 6.07) is 7.07. The number of rotatable bonds is 5. The molecule has 9 heteroatoms. The maximum absolute atomic E-state index is 11.2. The number of hydrogen-bond acceptors (Lipinski definition) is 7. The van der Waals surface area contributed by atoms with E-state index in [0.717, 1.165) is 5.56 Å². The Hall–Kier alpha value is -2.65. The summed E-state index contributed by atoms with van der Waals surface area (Å²) in [6.07, 6.45) is 0. The average molecular weight is 351 g/mol. The SMILES string of the molecule is COc1cc(C)c(N=Nc2cc(S(=O)(=O)O)ccc2OC)cc1N. The van der Waals surface area contributed by atoms with Crippen molar-refractivity contribution >= 4 is 27.2 Å². The summed E-state index contributed by atoms with van der Waals surface area (Å²) in [5.74, 6) is 0.836. The van der Waals surface area contributed by atoms with Crippen molar-refractivity contribution in [2.45, 2.75) is 11.8 Å². The number of methoxy groups -OCH3 is 2. The summed E-state index contributed by atoms with van der Waals surface area (Å²) in [5, 5.41) is 8.08.